The Kier molecular flexibility index (Phi) is 5.20. The Hall–Kier alpha value is -1.72. The number of oxime groups is 1. The molecule has 0 radical (unpaired) electrons. The van der Waals surface area contributed by atoms with Crippen molar-refractivity contribution >= 4 is 11.7 Å². The third-order valence-electron chi connectivity index (χ3n) is 3.47. The lowest BCUT2D eigenvalue weighted by molar-refractivity contribution is 0.318. The van der Waals surface area contributed by atoms with Crippen LogP contribution in [0.5, 0.6) is 0 Å². The molecule has 0 fully saturated rings. The summed E-state index contributed by atoms with van der Waals surface area (Å²) in [6, 6.07) is 0. The van der Waals surface area contributed by atoms with Gasteiger partial charge in [-0.25, -0.2) is 0 Å². The van der Waals surface area contributed by atoms with Crippen LogP contribution in [0.1, 0.15) is 38.4 Å². The van der Waals surface area contributed by atoms with Gasteiger partial charge in [-0.3, -0.25) is 4.68 Å². The van der Waals surface area contributed by atoms with Crippen molar-refractivity contribution in [3.8, 4) is 0 Å². The normalized spacial score (nSPS) is 13.6. The van der Waals surface area contributed by atoms with Crippen molar-refractivity contribution in [2.24, 2.45) is 23.9 Å². The van der Waals surface area contributed by atoms with Crippen LogP contribution in [-0.4, -0.2) is 33.9 Å². The Morgan fingerprint density at radius 3 is 2.63 bits per heavy atom. The van der Waals surface area contributed by atoms with Gasteiger partial charge in [0.25, 0.3) is 0 Å². The van der Waals surface area contributed by atoms with E-state index >= 15 is 0 Å². The van der Waals surface area contributed by atoms with E-state index in [0.29, 0.717) is 5.92 Å². The number of aromatic nitrogens is 2. The minimum absolute atomic E-state index is 0.114. The number of nitrogens with zero attached hydrogens (tertiary/aromatic N) is 4. The number of anilines is 1. The van der Waals surface area contributed by atoms with Crippen molar-refractivity contribution in [2.45, 2.75) is 34.1 Å². The molecule has 0 spiro atoms. The summed E-state index contributed by atoms with van der Waals surface area (Å²) in [4.78, 5) is 2.22. The zero-order chi connectivity index (χ0) is 14.6. The van der Waals surface area contributed by atoms with Gasteiger partial charge in [0.15, 0.2) is 5.84 Å². The molecule has 6 heteroatoms. The molecule has 1 aromatic rings. The highest BCUT2D eigenvalue weighted by atomic mass is 16.4. The maximum atomic E-state index is 8.94. The van der Waals surface area contributed by atoms with Gasteiger partial charge in [0.2, 0.25) is 0 Å². The Morgan fingerprint density at radius 1 is 1.53 bits per heavy atom. The van der Waals surface area contributed by atoms with Crippen LogP contribution in [0.4, 0.5) is 5.82 Å². The maximum Gasteiger partial charge on any atom is 0.175 e. The van der Waals surface area contributed by atoms with Crippen LogP contribution in [0.2, 0.25) is 0 Å². The Balaban J connectivity index is 3.23. The lowest BCUT2D eigenvalue weighted by Gasteiger charge is -2.27. The quantitative estimate of drug-likeness (QED) is 0.356. The van der Waals surface area contributed by atoms with Crippen molar-refractivity contribution in [1.82, 2.24) is 9.78 Å². The highest BCUT2D eigenvalue weighted by Gasteiger charge is 2.22. The largest absolute Gasteiger partial charge is 0.409 e. The van der Waals surface area contributed by atoms with Crippen molar-refractivity contribution < 1.29 is 5.21 Å². The highest BCUT2D eigenvalue weighted by Crippen LogP contribution is 2.24. The van der Waals surface area contributed by atoms with Crippen molar-refractivity contribution in [2.75, 3.05) is 18.0 Å². The van der Waals surface area contributed by atoms with E-state index in [4.69, 9.17) is 10.9 Å². The molecule has 108 valence electrons. The van der Waals surface area contributed by atoms with Crippen molar-refractivity contribution in [1.29, 1.82) is 0 Å². The first kappa shape index (κ1) is 15.3. The van der Waals surface area contributed by atoms with E-state index < -0.39 is 0 Å². The average molecular weight is 267 g/mol. The van der Waals surface area contributed by atoms with Gasteiger partial charge in [0, 0.05) is 20.1 Å². The number of nitrogens with two attached hydrogens (primary N) is 1. The van der Waals surface area contributed by atoms with E-state index in [1.54, 1.807) is 4.68 Å². The van der Waals surface area contributed by atoms with Crippen LogP contribution in [0.15, 0.2) is 5.16 Å². The van der Waals surface area contributed by atoms with E-state index in [-0.39, 0.29) is 5.84 Å². The van der Waals surface area contributed by atoms with E-state index in [1.165, 1.54) is 0 Å². The van der Waals surface area contributed by atoms with Gasteiger partial charge in [-0.05, 0) is 19.8 Å². The lowest BCUT2D eigenvalue weighted by Crippen LogP contribution is -2.32. The van der Waals surface area contributed by atoms with Gasteiger partial charge in [0.1, 0.15) is 5.82 Å². The zero-order valence-electron chi connectivity index (χ0n) is 12.5. The third-order valence-corrected chi connectivity index (χ3v) is 3.47. The monoisotopic (exact) mass is 267 g/mol. The molecule has 0 saturated heterocycles. The Bertz CT molecular complexity index is 452. The van der Waals surface area contributed by atoms with E-state index in [1.807, 2.05) is 14.0 Å². The Labute approximate surface area is 114 Å². The molecule has 19 heavy (non-hydrogen) atoms. The van der Waals surface area contributed by atoms with E-state index in [9.17, 15) is 0 Å². The predicted molar refractivity (Wildman–Crippen MR) is 77.8 cm³/mol. The summed E-state index contributed by atoms with van der Waals surface area (Å²) >= 11 is 0. The molecule has 0 aromatic carbocycles. The first-order chi connectivity index (χ1) is 8.96. The SMILES string of the molecule is CCC(C)CN(CC)c1c(C(N)=NO)c(C)nn1C. The van der Waals surface area contributed by atoms with Gasteiger partial charge in [-0.2, -0.15) is 5.10 Å². The maximum absolute atomic E-state index is 8.94. The van der Waals surface area contributed by atoms with Crippen LogP contribution >= 0.6 is 0 Å². The average Bonchev–Trinajstić information content (AvgIpc) is 2.69. The summed E-state index contributed by atoms with van der Waals surface area (Å²) in [5.74, 6) is 1.61. The molecule has 0 saturated carbocycles. The lowest BCUT2D eigenvalue weighted by atomic mass is 10.1. The second-order valence-electron chi connectivity index (χ2n) is 4.94. The van der Waals surface area contributed by atoms with Gasteiger partial charge in [-0.1, -0.05) is 25.4 Å². The second kappa shape index (κ2) is 6.45. The summed E-state index contributed by atoms with van der Waals surface area (Å²) in [6.45, 7) is 10.1. The summed E-state index contributed by atoms with van der Waals surface area (Å²) in [6.07, 6.45) is 1.12. The molecule has 1 heterocycles. The zero-order valence-corrected chi connectivity index (χ0v) is 12.5. The van der Waals surface area contributed by atoms with Crippen molar-refractivity contribution in [3.05, 3.63) is 11.3 Å². The molecule has 0 bridgehead atoms. The van der Waals surface area contributed by atoms with Gasteiger partial charge in [0.05, 0.1) is 11.3 Å². The molecule has 1 unspecified atom stereocenters. The van der Waals surface area contributed by atoms with Crippen molar-refractivity contribution in [3.63, 3.8) is 0 Å². The fourth-order valence-corrected chi connectivity index (χ4v) is 2.23. The molecule has 6 nitrogen and oxygen atoms in total. The molecule has 1 atom stereocenters. The van der Waals surface area contributed by atoms with Crippen LogP contribution in [0.3, 0.4) is 0 Å². The minimum atomic E-state index is 0.114. The number of hydrogen-bond acceptors (Lipinski definition) is 4. The molecular weight excluding hydrogens is 242 g/mol. The number of aryl methyl sites for hydroxylation is 2. The summed E-state index contributed by atoms with van der Waals surface area (Å²) in [5.41, 5.74) is 7.28. The van der Waals surface area contributed by atoms with E-state index in [0.717, 1.165) is 36.6 Å². The standard InChI is InChI=1S/C13H25N5O/c1-6-9(3)8-18(7-2)13-11(12(14)16-19)10(4)15-17(13)5/h9,19H,6-8H2,1-5H3,(H2,14,16). The molecule has 1 rings (SSSR count). The summed E-state index contributed by atoms with van der Waals surface area (Å²) in [5, 5.41) is 16.4. The minimum Gasteiger partial charge on any atom is -0.409 e. The molecule has 0 amide bonds. The molecular formula is C13H25N5O. The number of amidine groups is 1. The number of hydrogen-bond donors (Lipinski definition) is 2. The van der Waals surface area contributed by atoms with Crippen LogP contribution in [-0.2, 0) is 7.05 Å². The first-order valence-electron chi connectivity index (χ1n) is 6.72. The summed E-state index contributed by atoms with van der Waals surface area (Å²) < 4.78 is 1.80. The summed E-state index contributed by atoms with van der Waals surface area (Å²) in [7, 11) is 1.88. The van der Waals surface area contributed by atoms with E-state index in [2.05, 4.69) is 35.9 Å². The molecule has 1 aromatic heterocycles. The van der Waals surface area contributed by atoms with Gasteiger partial charge >= 0.3 is 0 Å². The van der Waals surface area contributed by atoms with Gasteiger partial charge < -0.3 is 15.8 Å². The number of rotatable bonds is 6. The highest BCUT2D eigenvalue weighted by molar-refractivity contribution is 6.02. The molecule has 0 aliphatic rings. The first-order valence-corrected chi connectivity index (χ1v) is 6.72. The fraction of sp³-hybridized carbons (Fsp3) is 0.692. The smallest absolute Gasteiger partial charge is 0.175 e. The van der Waals surface area contributed by atoms with Crippen LogP contribution in [0.25, 0.3) is 0 Å². The fourth-order valence-electron chi connectivity index (χ4n) is 2.23. The van der Waals surface area contributed by atoms with Gasteiger partial charge in [-0.15, -0.1) is 0 Å². The van der Waals surface area contributed by atoms with Crippen LogP contribution in [0, 0.1) is 12.8 Å². The molecule has 0 aliphatic heterocycles. The third kappa shape index (κ3) is 3.19. The second-order valence-corrected chi connectivity index (χ2v) is 4.94. The molecule has 0 aliphatic carbocycles. The van der Waals surface area contributed by atoms with Crippen LogP contribution < -0.4 is 10.6 Å². The Morgan fingerprint density at radius 2 is 2.16 bits per heavy atom. The molecule has 3 N–H and O–H groups in total. The predicted octanol–water partition coefficient (Wildman–Crippen LogP) is 1.70. The topological polar surface area (TPSA) is 79.7 Å².